The minimum atomic E-state index is 1.15. The van der Waals surface area contributed by atoms with Crippen molar-refractivity contribution in [3.05, 3.63) is 126 Å². The molecule has 172 valence electrons. The van der Waals surface area contributed by atoms with E-state index in [-0.39, 0.29) is 0 Å². The van der Waals surface area contributed by atoms with Crippen molar-refractivity contribution in [3.8, 4) is 11.1 Å². The van der Waals surface area contributed by atoms with Crippen LogP contribution in [0.3, 0.4) is 0 Å². The second kappa shape index (κ2) is 8.00. The number of nitrogens with one attached hydrogen (secondary N) is 1. The van der Waals surface area contributed by atoms with Crippen LogP contribution in [0.1, 0.15) is 11.1 Å². The van der Waals surface area contributed by atoms with E-state index in [0.29, 0.717) is 0 Å². The van der Waals surface area contributed by atoms with Gasteiger partial charge in [-0.3, -0.25) is 0 Å². The second-order valence-corrected chi connectivity index (χ2v) is 9.62. The fraction of sp³-hybridized carbons (Fsp3) is 0.0588. The standard InChI is InChI=1S/C34H26N2/c1-22-20-27(36(25-11-5-3-6-12-25)26-13-7-4-8-14-26)17-19-28(22)30-21-32-34-29(23(30)2)18-16-24-10-9-15-31(35-32)33(24)34/h3-21,35H,1-2H3. The highest BCUT2D eigenvalue weighted by molar-refractivity contribution is 6.24. The van der Waals surface area contributed by atoms with Crippen LogP contribution in [0.5, 0.6) is 0 Å². The quantitative estimate of drug-likeness (QED) is 0.258. The molecule has 2 nitrogen and oxygen atoms in total. The van der Waals surface area contributed by atoms with Gasteiger partial charge in [-0.25, -0.2) is 0 Å². The summed E-state index contributed by atoms with van der Waals surface area (Å²) in [6.07, 6.45) is 0. The van der Waals surface area contributed by atoms with E-state index in [9.17, 15) is 0 Å². The van der Waals surface area contributed by atoms with Crippen LogP contribution in [0.15, 0.2) is 115 Å². The SMILES string of the molecule is Cc1cc(N(c2ccccc2)c2ccccc2)ccc1-c1cc2[nH]c3cccc4ccc(c1C)c2c43. The second-order valence-electron chi connectivity index (χ2n) is 9.62. The van der Waals surface area contributed by atoms with Crippen LogP contribution in [0.4, 0.5) is 17.1 Å². The molecule has 0 spiro atoms. The van der Waals surface area contributed by atoms with Crippen molar-refractivity contribution in [2.75, 3.05) is 4.90 Å². The Kier molecular flexibility index (Phi) is 4.62. The Morgan fingerprint density at radius 3 is 1.94 bits per heavy atom. The van der Waals surface area contributed by atoms with E-state index in [1.54, 1.807) is 0 Å². The molecular formula is C34H26N2. The summed E-state index contributed by atoms with van der Waals surface area (Å²) >= 11 is 0. The fourth-order valence-corrected chi connectivity index (χ4v) is 5.76. The van der Waals surface area contributed by atoms with Gasteiger partial charge in [0, 0.05) is 38.9 Å². The molecule has 0 radical (unpaired) electrons. The Morgan fingerprint density at radius 1 is 0.528 bits per heavy atom. The zero-order valence-corrected chi connectivity index (χ0v) is 20.4. The molecule has 1 aromatic heterocycles. The smallest absolute Gasteiger partial charge is 0.0477 e. The van der Waals surface area contributed by atoms with Crippen LogP contribution in [-0.4, -0.2) is 4.98 Å². The average Bonchev–Trinajstić information content (AvgIpc) is 3.29. The molecule has 0 aliphatic heterocycles. The van der Waals surface area contributed by atoms with Crippen molar-refractivity contribution in [2.45, 2.75) is 13.8 Å². The Labute approximate surface area is 210 Å². The highest BCUT2D eigenvalue weighted by Gasteiger charge is 2.18. The van der Waals surface area contributed by atoms with Crippen molar-refractivity contribution in [3.63, 3.8) is 0 Å². The summed E-state index contributed by atoms with van der Waals surface area (Å²) in [6.45, 7) is 4.48. The summed E-state index contributed by atoms with van der Waals surface area (Å²) in [7, 11) is 0. The van der Waals surface area contributed by atoms with E-state index in [1.807, 2.05) is 0 Å². The summed E-state index contributed by atoms with van der Waals surface area (Å²) < 4.78 is 0. The molecule has 36 heavy (non-hydrogen) atoms. The van der Waals surface area contributed by atoms with Crippen LogP contribution in [0, 0.1) is 13.8 Å². The molecule has 7 aromatic rings. The van der Waals surface area contributed by atoms with Gasteiger partial charge in [0.05, 0.1) is 0 Å². The molecule has 0 aliphatic carbocycles. The Balaban J connectivity index is 1.40. The van der Waals surface area contributed by atoms with Crippen LogP contribution in [0.2, 0.25) is 0 Å². The number of aromatic amines is 1. The third-order valence-electron chi connectivity index (χ3n) is 7.47. The maximum atomic E-state index is 3.68. The molecule has 2 heteroatoms. The molecule has 0 saturated heterocycles. The summed E-state index contributed by atoms with van der Waals surface area (Å²) in [5.74, 6) is 0. The highest BCUT2D eigenvalue weighted by atomic mass is 15.1. The predicted molar refractivity (Wildman–Crippen MR) is 154 cm³/mol. The van der Waals surface area contributed by atoms with Crippen LogP contribution in [0.25, 0.3) is 43.7 Å². The van der Waals surface area contributed by atoms with Crippen molar-refractivity contribution < 1.29 is 0 Å². The zero-order chi connectivity index (χ0) is 24.2. The first kappa shape index (κ1) is 20.8. The first-order valence-corrected chi connectivity index (χ1v) is 12.5. The van der Waals surface area contributed by atoms with Gasteiger partial charge in [0.2, 0.25) is 0 Å². The average molecular weight is 463 g/mol. The Hall–Kier alpha value is -4.56. The third kappa shape index (κ3) is 3.11. The number of aromatic nitrogens is 1. The van der Waals surface area contributed by atoms with Crippen molar-refractivity contribution in [1.29, 1.82) is 0 Å². The van der Waals surface area contributed by atoms with Gasteiger partial charge in [-0.1, -0.05) is 66.7 Å². The fourth-order valence-electron chi connectivity index (χ4n) is 5.76. The number of hydrogen-bond acceptors (Lipinski definition) is 1. The van der Waals surface area contributed by atoms with E-state index in [2.05, 4.69) is 139 Å². The van der Waals surface area contributed by atoms with E-state index in [1.165, 1.54) is 54.8 Å². The summed E-state index contributed by atoms with van der Waals surface area (Å²) in [5, 5.41) is 5.30. The Bertz CT molecular complexity index is 1810. The number of para-hydroxylation sites is 2. The Morgan fingerprint density at radius 2 is 1.25 bits per heavy atom. The lowest BCUT2D eigenvalue weighted by atomic mass is 9.90. The molecule has 0 bridgehead atoms. The van der Waals surface area contributed by atoms with Crippen LogP contribution < -0.4 is 4.90 Å². The number of hydrogen-bond donors (Lipinski definition) is 1. The topological polar surface area (TPSA) is 19.0 Å². The van der Waals surface area contributed by atoms with Gasteiger partial charge in [-0.15, -0.1) is 0 Å². The van der Waals surface area contributed by atoms with E-state index in [4.69, 9.17) is 0 Å². The number of rotatable bonds is 4. The molecule has 0 fully saturated rings. The molecule has 1 N–H and O–H groups in total. The van der Waals surface area contributed by atoms with Gasteiger partial charge in [-0.2, -0.15) is 0 Å². The van der Waals surface area contributed by atoms with Gasteiger partial charge in [0.25, 0.3) is 0 Å². The van der Waals surface area contributed by atoms with Crippen molar-refractivity contribution in [1.82, 2.24) is 4.98 Å². The lowest BCUT2D eigenvalue weighted by Crippen LogP contribution is -2.10. The molecule has 0 saturated carbocycles. The minimum Gasteiger partial charge on any atom is -0.354 e. The minimum absolute atomic E-state index is 1.15. The van der Waals surface area contributed by atoms with Gasteiger partial charge >= 0.3 is 0 Å². The lowest BCUT2D eigenvalue weighted by Gasteiger charge is -2.26. The normalized spacial score (nSPS) is 11.6. The molecule has 0 aliphatic rings. The van der Waals surface area contributed by atoms with Gasteiger partial charge in [0.1, 0.15) is 0 Å². The summed E-state index contributed by atoms with van der Waals surface area (Å²) in [5.41, 5.74) is 11.0. The number of benzene rings is 6. The lowest BCUT2D eigenvalue weighted by molar-refractivity contribution is 1.27. The first-order chi connectivity index (χ1) is 17.7. The number of aryl methyl sites for hydroxylation is 2. The first-order valence-electron chi connectivity index (χ1n) is 12.5. The molecule has 0 atom stereocenters. The van der Waals surface area contributed by atoms with Crippen molar-refractivity contribution >= 4 is 49.6 Å². The van der Waals surface area contributed by atoms with Gasteiger partial charge < -0.3 is 9.88 Å². The maximum Gasteiger partial charge on any atom is 0.0477 e. The summed E-state index contributed by atoms with van der Waals surface area (Å²) in [4.78, 5) is 6.00. The molecule has 1 heterocycles. The molecular weight excluding hydrogens is 436 g/mol. The van der Waals surface area contributed by atoms with Crippen molar-refractivity contribution in [2.24, 2.45) is 0 Å². The monoisotopic (exact) mass is 462 g/mol. The summed E-state index contributed by atoms with van der Waals surface area (Å²) in [6, 6.07) is 41.4. The number of H-pyrrole nitrogens is 1. The van der Waals surface area contributed by atoms with E-state index >= 15 is 0 Å². The number of nitrogens with zero attached hydrogens (tertiary/aromatic N) is 1. The van der Waals surface area contributed by atoms with Crippen LogP contribution in [-0.2, 0) is 0 Å². The molecule has 6 aromatic carbocycles. The maximum absolute atomic E-state index is 3.68. The largest absolute Gasteiger partial charge is 0.354 e. The van der Waals surface area contributed by atoms with Gasteiger partial charge in [0.15, 0.2) is 0 Å². The highest BCUT2D eigenvalue weighted by Crippen LogP contribution is 2.42. The third-order valence-corrected chi connectivity index (χ3v) is 7.47. The number of anilines is 3. The molecule has 0 amide bonds. The van der Waals surface area contributed by atoms with E-state index in [0.717, 1.165) is 17.1 Å². The molecule has 7 rings (SSSR count). The van der Waals surface area contributed by atoms with E-state index < -0.39 is 0 Å². The van der Waals surface area contributed by atoms with Crippen LogP contribution >= 0.6 is 0 Å². The predicted octanol–water partition coefficient (Wildman–Crippen LogP) is 9.67. The molecule has 0 unspecified atom stereocenters. The zero-order valence-electron chi connectivity index (χ0n) is 20.4. The van der Waals surface area contributed by atoms with Gasteiger partial charge in [-0.05, 0) is 95.4 Å².